The minimum atomic E-state index is -0.339. The van der Waals surface area contributed by atoms with Gasteiger partial charge >= 0.3 is 0 Å². The fourth-order valence-electron chi connectivity index (χ4n) is 8.39. The van der Waals surface area contributed by atoms with Crippen LogP contribution in [0, 0.1) is 10.1 Å². The van der Waals surface area contributed by atoms with Crippen molar-refractivity contribution in [3.05, 3.63) is 140 Å². The Kier molecular flexibility index (Phi) is 10.1. The van der Waals surface area contributed by atoms with E-state index < -0.39 is 0 Å². The number of nitro benzene ring substituents is 1. The van der Waals surface area contributed by atoms with Crippen LogP contribution in [-0.4, -0.2) is 61.2 Å². The minimum absolute atomic E-state index is 0.0496. The Bertz CT molecular complexity index is 2230. The number of nitrogens with one attached hydrogen (secondary N) is 1. The highest BCUT2D eigenvalue weighted by Gasteiger charge is 2.34. The Balaban J connectivity index is 1.32. The molecular formula is C44H46N4O7. The minimum Gasteiger partial charge on any atom is -0.493 e. The smallest absolute Gasteiger partial charge is 0.296 e. The quantitative estimate of drug-likeness (QED) is 0.125. The van der Waals surface area contributed by atoms with E-state index in [2.05, 4.69) is 47.4 Å². The predicted molar refractivity (Wildman–Crippen MR) is 211 cm³/mol. The average Bonchev–Trinajstić information content (AvgIpc) is 3.19. The van der Waals surface area contributed by atoms with Gasteiger partial charge in [0.2, 0.25) is 0 Å². The number of hydrogen-bond acceptors (Lipinski definition) is 10. The fourth-order valence-corrected chi connectivity index (χ4v) is 8.39. The largest absolute Gasteiger partial charge is 0.493 e. The van der Waals surface area contributed by atoms with Crippen molar-refractivity contribution in [3.63, 3.8) is 0 Å². The second-order valence-electron chi connectivity index (χ2n) is 14.7. The van der Waals surface area contributed by atoms with Gasteiger partial charge in [-0.05, 0) is 110 Å². The Morgan fingerprint density at radius 1 is 0.836 bits per heavy atom. The van der Waals surface area contributed by atoms with E-state index in [0.29, 0.717) is 65.1 Å². The molecule has 2 unspecified atom stereocenters. The zero-order chi connectivity index (χ0) is 38.2. The summed E-state index contributed by atoms with van der Waals surface area (Å²) < 4.78 is 25.6. The van der Waals surface area contributed by atoms with Crippen molar-refractivity contribution >= 4 is 11.4 Å². The van der Waals surface area contributed by atoms with Crippen LogP contribution in [0.15, 0.2) is 84.9 Å². The molecule has 0 saturated heterocycles. The molecule has 9 rings (SSSR count). The van der Waals surface area contributed by atoms with Gasteiger partial charge in [0, 0.05) is 48.9 Å². The summed E-state index contributed by atoms with van der Waals surface area (Å²) in [7, 11) is 7.46. The van der Waals surface area contributed by atoms with E-state index in [1.165, 1.54) is 0 Å². The highest BCUT2D eigenvalue weighted by atomic mass is 16.6. The molecule has 0 saturated carbocycles. The van der Waals surface area contributed by atoms with Crippen molar-refractivity contribution in [1.82, 2.24) is 9.80 Å². The molecular weight excluding hydrogens is 697 g/mol. The van der Waals surface area contributed by atoms with Gasteiger partial charge in [-0.3, -0.25) is 19.9 Å². The first-order valence-corrected chi connectivity index (χ1v) is 18.7. The molecule has 5 aromatic carbocycles. The number of nitro groups is 1. The van der Waals surface area contributed by atoms with Gasteiger partial charge in [0.25, 0.3) is 5.69 Å². The first-order valence-electron chi connectivity index (χ1n) is 18.7. The van der Waals surface area contributed by atoms with Gasteiger partial charge in [-0.25, -0.2) is 0 Å². The van der Waals surface area contributed by atoms with E-state index in [-0.39, 0.29) is 29.3 Å². The van der Waals surface area contributed by atoms with Crippen molar-refractivity contribution in [2.45, 2.75) is 50.9 Å². The number of nitrogens with zero attached hydrogens (tertiary/aromatic N) is 3. The monoisotopic (exact) mass is 742 g/mol. The third kappa shape index (κ3) is 7.06. The average molecular weight is 743 g/mol. The Hall–Kier alpha value is -5.62. The Morgan fingerprint density at radius 3 is 2.27 bits per heavy atom. The third-order valence-corrected chi connectivity index (χ3v) is 11.3. The zero-order valence-corrected chi connectivity index (χ0v) is 31.6. The number of methoxy groups -OCH3 is 2. The summed E-state index contributed by atoms with van der Waals surface area (Å²) in [5.74, 6) is 3.16. The molecule has 2 atom stereocenters. The van der Waals surface area contributed by atoms with Crippen LogP contribution in [0.1, 0.15) is 56.6 Å². The van der Waals surface area contributed by atoms with Gasteiger partial charge in [0.05, 0.1) is 25.7 Å². The van der Waals surface area contributed by atoms with Crippen LogP contribution in [0.4, 0.5) is 11.4 Å². The van der Waals surface area contributed by atoms with E-state index in [9.17, 15) is 15.2 Å². The molecule has 0 amide bonds. The maximum atomic E-state index is 12.8. The maximum absolute atomic E-state index is 12.8. The topological polar surface area (TPSA) is 119 Å². The molecule has 0 spiro atoms. The normalized spacial score (nSPS) is 17.9. The number of aliphatic hydroxyl groups is 1. The van der Waals surface area contributed by atoms with Gasteiger partial charge < -0.3 is 29.4 Å². The second-order valence-corrected chi connectivity index (χ2v) is 14.7. The molecule has 55 heavy (non-hydrogen) atoms. The number of likely N-dealkylation sites (N-methyl/N-ethyl adjacent to an activating group) is 2. The summed E-state index contributed by atoms with van der Waals surface area (Å²) in [6, 6.07) is 27.3. The molecule has 4 heterocycles. The molecule has 4 aliphatic rings. The van der Waals surface area contributed by atoms with E-state index in [1.807, 2.05) is 60.7 Å². The van der Waals surface area contributed by atoms with E-state index in [0.717, 1.165) is 64.9 Å². The van der Waals surface area contributed by atoms with Crippen LogP contribution in [0.2, 0.25) is 0 Å². The summed E-state index contributed by atoms with van der Waals surface area (Å²) in [6.45, 7) is 1.82. The maximum Gasteiger partial charge on any atom is 0.296 e. The van der Waals surface area contributed by atoms with Crippen LogP contribution in [0.5, 0.6) is 34.5 Å². The number of anilines is 1. The molecule has 2 N–H and O–H groups in total. The third-order valence-electron chi connectivity index (χ3n) is 11.3. The molecule has 0 aliphatic carbocycles. The first-order chi connectivity index (χ1) is 26.7. The molecule has 11 nitrogen and oxygen atoms in total. The summed E-state index contributed by atoms with van der Waals surface area (Å²) in [5.41, 5.74) is 8.10. The highest BCUT2D eigenvalue weighted by Crippen LogP contribution is 2.50. The van der Waals surface area contributed by atoms with E-state index >= 15 is 0 Å². The van der Waals surface area contributed by atoms with Crippen molar-refractivity contribution < 1.29 is 29.0 Å². The van der Waals surface area contributed by atoms with Crippen LogP contribution in [0.3, 0.4) is 0 Å². The van der Waals surface area contributed by atoms with Crippen LogP contribution in [0.25, 0.3) is 0 Å². The number of aliphatic hydroxyl groups excluding tert-OH is 1. The molecule has 0 fully saturated rings. The highest BCUT2D eigenvalue weighted by molar-refractivity contribution is 5.72. The molecule has 0 radical (unpaired) electrons. The summed E-state index contributed by atoms with van der Waals surface area (Å²) in [6.07, 6.45) is 2.74. The molecule has 284 valence electrons. The molecule has 6 bridgehead atoms. The lowest BCUT2D eigenvalue weighted by Gasteiger charge is -2.37. The van der Waals surface area contributed by atoms with Gasteiger partial charge in [-0.15, -0.1) is 0 Å². The van der Waals surface area contributed by atoms with Crippen molar-refractivity contribution in [2.75, 3.05) is 46.7 Å². The molecule has 4 aliphatic heterocycles. The van der Waals surface area contributed by atoms with E-state index in [1.54, 1.807) is 20.3 Å². The number of hydrogen-bond donors (Lipinski definition) is 2. The Labute approximate surface area is 321 Å². The lowest BCUT2D eigenvalue weighted by molar-refractivity contribution is -0.384. The lowest BCUT2D eigenvalue weighted by atomic mass is 9.86. The van der Waals surface area contributed by atoms with Gasteiger partial charge in [-0.1, -0.05) is 42.5 Å². The predicted octanol–water partition coefficient (Wildman–Crippen LogP) is 8.16. The second kappa shape index (κ2) is 15.3. The van der Waals surface area contributed by atoms with E-state index in [4.69, 9.17) is 18.9 Å². The summed E-state index contributed by atoms with van der Waals surface area (Å²) >= 11 is 0. The SMILES string of the molecule is COc1cc2c3cc1Oc1c(OC)c(CO)cc4c1C(Cc1ccc(cc1)Oc1cc(cc([N+](=O)[O-])c1NCc1ccccc1)CC3N(C)CC2)N(C)CC4. The van der Waals surface area contributed by atoms with Crippen LogP contribution >= 0.6 is 0 Å². The van der Waals surface area contributed by atoms with Crippen LogP contribution in [-0.2, 0) is 38.8 Å². The van der Waals surface area contributed by atoms with Crippen molar-refractivity contribution in [1.29, 1.82) is 0 Å². The summed E-state index contributed by atoms with van der Waals surface area (Å²) in [4.78, 5) is 17.1. The zero-order valence-electron chi connectivity index (χ0n) is 31.6. The van der Waals surface area contributed by atoms with Gasteiger partial charge in [-0.2, -0.15) is 0 Å². The molecule has 11 heteroatoms. The standard InChI is InChI=1S/C44H46N4O7/c1-46-16-14-30-23-38(52-3)39-24-34(30)35(46)19-29-20-37(48(50)51)42(45-25-28-8-6-5-7-9-28)40(21-29)54-33-12-10-27(11-13-33)18-36-41-31(15-17-47(36)2)22-32(26-49)43(53-4)44(41)55-39/h5-13,20-24,35-36,45,49H,14-19,25-26H2,1-4H3. The number of benzene rings is 5. The lowest BCUT2D eigenvalue weighted by Crippen LogP contribution is -2.34. The fraction of sp³-hybridized carbons (Fsp3) is 0.318. The van der Waals surface area contributed by atoms with Crippen molar-refractivity contribution in [2.24, 2.45) is 0 Å². The number of rotatable bonds is 7. The van der Waals surface area contributed by atoms with Crippen LogP contribution < -0.4 is 24.3 Å². The van der Waals surface area contributed by atoms with Gasteiger partial charge in [0.15, 0.2) is 34.4 Å². The molecule has 5 aromatic rings. The Morgan fingerprint density at radius 2 is 1.56 bits per heavy atom. The van der Waals surface area contributed by atoms with Gasteiger partial charge in [0.1, 0.15) is 5.75 Å². The number of ether oxygens (including phenoxy) is 4. The number of fused-ring (bicyclic) bond motifs is 2. The molecule has 0 aromatic heterocycles. The summed E-state index contributed by atoms with van der Waals surface area (Å²) in [5, 5.41) is 26.6. The first kappa shape index (κ1) is 36.4. The van der Waals surface area contributed by atoms with Crippen molar-refractivity contribution in [3.8, 4) is 34.5 Å².